The van der Waals surface area contributed by atoms with Crippen LogP contribution in [-0.4, -0.2) is 8.42 Å². The second kappa shape index (κ2) is 6.30. The molecule has 0 radical (unpaired) electrons. The molecular formula is C16H14ClNO2S. The first-order valence-electron chi connectivity index (χ1n) is 6.38. The minimum Gasteiger partial charge on any atom is -0.228 e. The van der Waals surface area contributed by atoms with Crippen molar-refractivity contribution in [2.24, 2.45) is 0 Å². The largest absolute Gasteiger partial charge is 0.228 e. The topological polar surface area (TPSA) is 57.9 Å². The zero-order chi connectivity index (χ0) is 15.5. The Balaban J connectivity index is 2.25. The van der Waals surface area contributed by atoms with Gasteiger partial charge in [0.25, 0.3) is 0 Å². The van der Waals surface area contributed by atoms with Crippen LogP contribution in [0.1, 0.15) is 28.9 Å². The van der Waals surface area contributed by atoms with Gasteiger partial charge in [0.15, 0.2) is 9.84 Å². The molecule has 0 aliphatic heterocycles. The quantitative estimate of drug-likeness (QED) is 0.859. The van der Waals surface area contributed by atoms with E-state index >= 15 is 0 Å². The Bertz CT molecular complexity index is 777. The molecule has 1 atom stereocenters. The number of nitriles is 1. The van der Waals surface area contributed by atoms with Gasteiger partial charge in [-0.1, -0.05) is 35.9 Å². The maximum absolute atomic E-state index is 12.5. The van der Waals surface area contributed by atoms with Crippen molar-refractivity contribution in [3.8, 4) is 6.07 Å². The van der Waals surface area contributed by atoms with Crippen molar-refractivity contribution in [1.29, 1.82) is 5.26 Å². The maximum atomic E-state index is 12.5. The molecule has 0 bridgehead atoms. The normalized spacial score (nSPS) is 12.6. The molecule has 21 heavy (non-hydrogen) atoms. The zero-order valence-electron chi connectivity index (χ0n) is 11.5. The smallest absolute Gasteiger partial charge is 0.161 e. The summed E-state index contributed by atoms with van der Waals surface area (Å²) in [4.78, 5) is 0. The van der Waals surface area contributed by atoms with E-state index in [9.17, 15) is 8.42 Å². The van der Waals surface area contributed by atoms with Gasteiger partial charge in [-0.15, -0.1) is 0 Å². The zero-order valence-corrected chi connectivity index (χ0v) is 13.0. The minimum atomic E-state index is -3.36. The van der Waals surface area contributed by atoms with Gasteiger partial charge in [-0.3, -0.25) is 0 Å². The molecule has 0 amide bonds. The van der Waals surface area contributed by atoms with Crippen molar-refractivity contribution in [1.82, 2.24) is 0 Å². The molecule has 0 saturated heterocycles. The minimum absolute atomic E-state index is 0.0910. The van der Waals surface area contributed by atoms with Crippen LogP contribution in [-0.2, 0) is 15.6 Å². The lowest BCUT2D eigenvalue weighted by Gasteiger charge is -2.13. The van der Waals surface area contributed by atoms with Crippen molar-refractivity contribution in [2.75, 3.05) is 0 Å². The summed E-state index contributed by atoms with van der Waals surface area (Å²) in [7, 11) is -3.36. The van der Waals surface area contributed by atoms with E-state index in [2.05, 4.69) is 0 Å². The number of halogens is 1. The second-order valence-corrected chi connectivity index (χ2v) is 7.57. The Hall–Kier alpha value is -1.83. The number of rotatable bonds is 4. The molecule has 0 spiro atoms. The lowest BCUT2D eigenvalue weighted by Crippen LogP contribution is -2.13. The van der Waals surface area contributed by atoms with Gasteiger partial charge < -0.3 is 0 Å². The molecule has 2 rings (SSSR count). The van der Waals surface area contributed by atoms with Gasteiger partial charge in [0.1, 0.15) is 0 Å². The first kappa shape index (κ1) is 15.6. The summed E-state index contributed by atoms with van der Waals surface area (Å²) in [5.41, 5.74) is 1.78. The maximum Gasteiger partial charge on any atom is 0.161 e. The monoisotopic (exact) mass is 319 g/mol. The van der Waals surface area contributed by atoms with Crippen molar-refractivity contribution in [3.05, 3.63) is 70.2 Å². The standard InChI is InChI=1S/C16H14ClNO2S/c1-12(15-5-7-16(17)8-6-15)21(19,20)11-14-4-2-3-13(9-14)10-18/h2-9,12H,11H2,1H3/t12-/m1/s1. The predicted octanol–water partition coefficient (Wildman–Crippen LogP) is 3.89. The average molecular weight is 320 g/mol. The molecule has 0 fully saturated rings. The fraction of sp³-hybridized carbons (Fsp3) is 0.188. The van der Waals surface area contributed by atoms with Crippen LogP contribution < -0.4 is 0 Å². The lowest BCUT2D eigenvalue weighted by molar-refractivity contribution is 0.585. The molecule has 5 heteroatoms. The summed E-state index contributed by atoms with van der Waals surface area (Å²) in [6, 6.07) is 15.5. The summed E-state index contributed by atoms with van der Waals surface area (Å²) in [5, 5.41) is 8.81. The second-order valence-electron chi connectivity index (χ2n) is 4.81. The predicted molar refractivity (Wildman–Crippen MR) is 83.6 cm³/mol. The number of nitrogens with zero attached hydrogens (tertiary/aromatic N) is 1. The molecule has 2 aromatic rings. The number of sulfone groups is 1. The third kappa shape index (κ3) is 3.84. The lowest BCUT2D eigenvalue weighted by atomic mass is 10.2. The number of benzene rings is 2. The fourth-order valence-electron chi connectivity index (χ4n) is 2.03. The SMILES string of the molecule is C[C@H](c1ccc(Cl)cc1)S(=O)(=O)Cc1cccc(C#N)c1. The fourth-order valence-corrected chi connectivity index (χ4v) is 3.62. The van der Waals surface area contributed by atoms with E-state index in [0.717, 1.165) is 0 Å². The van der Waals surface area contributed by atoms with Crippen LogP contribution in [0.15, 0.2) is 48.5 Å². The molecule has 0 N–H and O–H groups in total. The van der Waals surface area contributed by atoms with Gasteiger partial charge in [0, 0.05) is 5.02 Å². The summed E-state index contributed by atoms with van der Waals surface area (Å²) in [5.74, 6) is -0.0910. The molecule has 3 nitrogen and oxygen atoms in total. The molecule has 2 aromatic carbocycles. The summed E-state index contributed by atoms with van der Waals surface area (Å²) >= 11 is 5.81. The molecule has 108 valence electrons. The van der Waals surface area contributed by atoms with Crippen molar-refractivity contribution < 1.29 is 8.42 Å². The van der Waals surface area contributed by atoms with E-state index in [0.29, 0.717) is 21.7 Å². The van der Waals surface area contributed by atoms with Gasteiger partial charge in [-0.05, 0) is 42.3 Å². The highest BCUT2D eigenvalue weighted by Crippen LogP contribution is 2.26. The summed E-state index contributed by atoms with van der Waals surface area (Å²) in [6.07, 6.45) is 0. The number of hydrogen-bond donors (Lipinski definition) is 0. The Morgan fingerprint density at radius 3 is 2.48 bits per heavy atom. The van der Waals surface area contributed by atoms with Gasteiger partial charge in [-0.25, -0.2) is 8.42 Å². The first-order chi connectivity index (χ1) is 9.92. The van der Waals surface area contributed by atoms with E-state index in [1.54, 1.807) is 55.5 Å². The highest BCUT2D eigenvalue weighted by molar-refractivity contribution is 7.90. The van der Waals surface area contributed by atoms with Crippen LogP contribution in [0.4, 0.5) is 0 Å². The molecular weight excluding hydrogens is 306 g/mol. The van der Waals surface area contributed by atoms with Crippen LogP contribution in [0, 0.1) is 11.3 Å². The van der Waals surface area contributed by atoms with Gasteiger partial charge in [0.2, 0.25) is 0 Å². The highest BCUT2D eigenvalue weighted by atomic mass is 35.5. The molecule has 0 unspecified atom stereocenters. The molecule has 0 heterocycles. The highest BCUT2D eigenvalue weighted by Gasteiger charge is 2.23. The molecule has 0 aliphatic rings. The van der Waals surface area contributed by atoms with Gasteiger partial charge >= 0.3 is 0 Å². The first-order valence-corrected chi connectivity index (χ1v) is 8.48. The van der Waals surface area contributed by atoms with Gasteiger partial charge in [0.05, 0.1) is 22.6 Å². The summed E-state index contributed by atoms with van der Waals surface area (Å²) in [6.45, 7) is 1.66. The van der Waals surface area contributed by atoms with Crippen molar-refractivity contribution in [2.45, 2.75) is 17.9 Å². The molecule has 0 aliphatic carbocycles. The Morgan fingerprint density at radius 2 is 1.86 bits per heavy atom. The van der Waals surface area contributed by atoms with Crippen LogP contribution in [0.3, 0.4) is 0 Å². The van der Waals surface area contributed by atoms with Crippen LogP contribution in [0.2, 0.25) is 5.02 Å². The van der Waals surface area contributed by atoms with E-state index in [1.165, 1.54) is 0 Å². The Morgan fingerprint density at radius 1 is 1.19 bits per heavy atom. The molecule has 0 aromatic heterocycles. The van der Waals surface area contributed by atoms with E-state index in [4.69, 9.17) is 16.9 Å². The van der Waals surface area contributed by atoms with Gasteiger partial charge in [-0.2, -0.15) is 5.26 Å². The Labute approximate surface area is 129 Å². The van der Waals surface area contributed by atoms with E-state index in [-0.39, 0.29) is 5.75 Å². The third-order valence-electron chi connectivity index (χ3n) is 3.30. The number of hydrogen-bond acceptors (Lipinski definition) is 3. The van der Waals surface area contributed by atoms with E-state index < -0.39 is 15.1 Å². The van der Waals surface area contributed by atoms with E-state index in [1.807, 2.05) is 6.07 Å². The van der Waals surface area contributed by atoms with Crippen molar-refractivity contribution >= 4 is 21.4 Å². The Kier molecular flexibility index (Phi) is 4.66. The van der Waals surface area contributed by atoms with Crippen LogP contribution >= 0.6 is 11.6 Å². The summed E-state index contributed by atoms with van der Waals surface area (Å²) < 4.78 is 24.9. The van der Waals surface area contributed by atoms with Crippen molar-refractivity contribution in [3.63, 3.8) is 0 Å². The van der Waals surface area contributed by atoms with Crippen LogP contribution in [0.5, 0.6) is 0 Å². The average Bonchev–Trinajstić information content (AvgIpc) is 2.47. The molecule has 0 saturated carbocycles. The van der Waals surface area contributed by atoms with Crippen LogP contribution in [0.25, 0.3) is 0 Å². The third-order valence-corrected chi connectivity index (χ3v) is 5.64.